The van der Waals surface area contributed by atoms with Crippen LogP contribution in [0.15, 0.2) is 28.8 Å². The van der Waals surface area contributed by atoms with E-state index < -0.39 is 0 Å². The fraction of sp³-hybridized carbons (Fsp3) is 0.476. The number of nitrogens with zero attached hydrogens (tertiary/aromatic N) is 4. The molecule has 1 N–H and O–H groups in total. The lowest BCUT2D eigenvalue weighted by Gasteiger charge is -2.28. The third-order valence-corrected chi connectivity index (χ3v) is 5.79. The first-order valence-corrected chi connectivity index (χ1v) is 9.86. The van der Waals surface area contributed by atoms with E-state index in [4.69, 9.17) is 9.15 Å². The van der Waals surface area contributed by atoms with Crippen molar-refractivity contribution in [1.82, 2.24) is 19.7 Å². The minimum atomic E-state index is -0.0510. The Balaban J connectivity index is 1.57. The standard InChI is InChI=1S/C21H27N5O3/c1-13-6-5-7-17-20(13)29-21(24-17)22-11-15-10-18(27)26(8-9-28-4)19(15)16-12-23-25(3)14(16)2/h5-7,12,15,19H,8-11H2,1-4H3,(H,22,24)/t15-,19+/m1/s1. The number of anilines is 1. The number of amides is 1. The maximum Gasteiger partial charge on any atom is 0.295 e. The topological polar surface area (TPSA) is 85.4 Å². The van der Waals surface area contributed by atoms with E-state index in [1.165, 1.54) is 0 Å². The second kappa shape index (κ2) is 7.87. The van der Waals surface area contributed by atoms with E-state index in [0.717, 1.165) is 27.9 Å². The minimum absolute atomic E-state index is 0.0510. The molecule has 0 radical (unpaired) electrons. The molecule has 8 heteroatoms. The molecule has 4 rings (SSSR count). The average molecular weight is 397 g/mol. The number of rotatable bonds is 7. The van der Waals surface area contributed by atoms with Crippen LogP contribution in [-0.4, -0.2) is 52.4 Å². The van der Waals surface area contributed by atoms with Gasteiger partial charge >= 0.3 is 0 Å². The molecule has 1 amide bonds. The second-order valence-electron chi connectivity index (χ2n) is 7.62. The first-order valence-electron chi connectivity index (χ1n) is 9.86. The van der Waals surface area contributed by atoms with E-state index in [2.05, 4.69) is 15.4 Å². The fourth-order valence-electron chi connectivity index (χ4n) is 4.11. The molecule has 2 atom stereocenters. The number of carbonyl (C=O) groups is 1. The van der Waals surface area contributed by atoms with Crippen LogP contribution in [0.4, 0.5) is 6.01 Å². The summed E-state index contributed by atoms with van der Waals surface area (Å²) in [7, 11) is 3.57. The summed E-state index contributed by atoms with van der Waals surface area (Å²) in [6.45, 7) is 5.69. The molecule has 1 aliphatic rings. The van der Waals surface area contributed by atoms with E-state index >= 15 is 0 Å². The number of ether oxygens (including phenoxy) is 1. The van der Waals surface area contributed by atoms with Gasteiger partial charge in [-0.05, 0) is 25.5 Å². The van der Waals surface area contributed by atoms with E-state index in [1.807, 2.05) is 54.9 Å². The number of benzene rings is 1. The zero-order chi connectivity index (χ0) is 20.5. The first kappa shape index (κ1) is 19.4. The molecule has 1 fully saturated rings. The SMILES string of the molecule is COCCN1C(=O)C[C@H](CNc2nc3cccc(C)c3o2)[C@H]1c1cnn(C)c1C. The molecule has 8 nitrogen and oxygen atoms in total. The normalized spacial score (nSPS) is 19.4. The number of fused-ring (bicyclic) bond motifs is 1. The van der Waals surface area contributed by atoms with Crippen molar-refractivity contribution in [3.8, 4) is 0 Å². The lowest BCUT2D eigenvalue weighted by molar-refractivity contribution is -0.129. The Morgan fingerprint density at radius 1 is 1.34 bits per heavy atom. The Kier molecular flexibility index (Phi) is 5.27. The Morgan fingerprint density at radius 2 is 2.17 bits per heavy atom. The highest BCUT2D eigenvalue weighted by Gasteiger charge is 2.41. The van der Waals surface area contributed by atoms with Gasteiger partial charge in [-0.1, -0.05) is 12.1 Å². The van der Waals surface area contributed by atoms with Crippen molar-refractivity contribution in [3.63, 3.8) is 0 Å². The number of methoxy groups -OCH3 is 1. The predicted octanol–water partition coefficient (Wildman–Crippen LogP) is 2.83. The summed E-state index contributed by atoms with van der Waals surface area (Å²) in [6.07, 6.45) is 2.34. The van der Waals surface area contributed by atoms with Crippen molar-refractivity contribution >= 4 is 23.0 Å². The van der Waals surface area contributed by atoms with Crippen LogP contribution in [0.25, 0.3) is 11.1 Å². The molecule has 29 heavy (non-hydrogen) atoms. The molecule has 0 saturated carbocycles. The minimum Gasteiger partial charge on any atom is -0.423 e. The third kappa shape index (κ3) is 3.60. The van der Waals surface area contributed by atoms with Crippen molar-refractivity contribution < 1.29 is 13.9 Å². The number of para-hydroxylation sites is 1. The summed E-state index contributed by atoms with van der Waals surface area (Å²) in [6, 6.07) is 6.34. The Bertz CT molecular complexity index is 1020. The smallest absolute Gasteiger partial charge is 0.295 e. The number of aromatic nitrogens is 3. The number of carbonyl (C=O) groups excluding carboxylic acids is 1. The zero-order valence-corrected chi connectivity index (χ0v) is 17.3. The van der Waals surface area contributed by atoms with Gasteiger partial charge in [0.1, 0.15) is 5.52 Å². The third-order valence-electron chi connectivity index (χ3n) is 5.79. The molecule has 3 aromatic rings. The van der Waals surface area contributed by atoms with E-state index in [-0.39, 0.29) is 17.9 Å². The van der Waals surface area contributed by atoms with Gasteiger partial charge in [0.2, 0.25) is 5.91 Å². The molecule has 3 heterocycles. The lowest BCUT2D eigenvalue weighted by Crippen LogP contribution is -2.33. The number of nitrogens with one attached hydrogen (secondary N) is 1. The molecule has 1 aliphatic heterocycles. The summed E-state index contributed by atoms with van der Waals surface area (Å²) in [5.41, 5.74) is 4.81. The van der Waals surface area contributed by atoms with Gasteiger partial charge in [0, 0.05) is 50.8 Å². The molecular formula is C21H27N5O3. The molecule has 0 aliphatic carbocycles. The van der Waals surface area contributed by atoms with Gasteiger partial charge in [-0.2, -0.15) is 10.1 Å². The average Bonchev–Trinajstić information content (AvgIpc) is 3.35. The van der Waals surface area contributed by atoms with Crippen LogP contribution in [0.1, 0.15) is 29.3 Å². The van der Waals surface area contributed by atoms with Crippen LogP contribution in [0, 0.1) is 19.8 Å². The largest absolute Gasteiger partial charge is 0.423 e. The summed E-state index contributed by atoms with van der Waals surface area (Å²) < 4.78 is 13.0. The van der Waals surface area contributed by atoms with Gasteiger partial charge in [0.05, 0.1) is 18.8 Å². The van der Waals surface area contributed by atoms with Gasteiger partial charge < -0.3 is 19.4 Å². The van der Waals surface area contributed by atoms with Crippen LogP contribution >= 0.6 is 0 Å². The van der Waals surface area contributed by atoms with Gasteiger partial charge in [-0.3, -0.25) is 9.48 Å². The first-order chi connectivity index (χ1) is 14.0. The fourth-order valence-corrected chi connectivity index (χ4v) is 4.11. The highest BCUT2D eigenvalue weighted by Crippen LogP contribution is 2.39. The molecule has 0 spiro atoms. The predicted molar refractivity (Wildman–Crippen MR) is 110 cm³/mol. The molecule has 154 valence electrons. The number of aryl methyl sites for hydroxylation is 2. The van der Waals surface area contributed by atoms with Gasteiger partial charge in [-0.15, -0.1) is 0 Å². The van der Waals surface area contributed by atoms with E-state index in [0.29, 0.717) is 32.1 Å². The molecule has 0 unspecified atom stereocenters. The molecule has 1 saturated heterocycles. The van der Waals surface area contributed by atoms with Crippen molar-refractivity contribution in [1.29, 1.82) is 0 Å². The number of likely N-dealkylation sites (tertiary alicyclic amines) is 1. The summed E-state index contributed by atoms with van der Waals surface area (Å²) in [5, 5.41) is 7.70. The van der Waals surface area contributed by atoms with Crippen molar-refractivity contribution in [2.24, 2.45) is 13.0 Å². The van der Waals surface area contributed by atoms with E-state index in [1.54, 1.807) is 7.11 Å². The maximum absolute atomic E-state index is 12.8. The van der Waals surface area contributed by atoms with Gasteiger partial charge in [0.25, 0.3) is 6.01 Å². The van der Waals surface area contributed by atoms with Crippen LogP contribution in [0.3, 0.4) is 0 Å². The Hall–Kier alpha value is -2.87. The molecule has 0 bridgehead atoms. The molecular weight excluding hydrogens is 370 g/mol. The van der Waals surface area contributed by atoms with E-state index in [9.17, 15) is 4.79 Å². The maximum atomic E-state index is 12.8. The summed E-state index contributed by atoms with van der Waals surface area (Å²) in [5.74, 6) is 0.217. The number of oxazole rings is 1. The van der Waals surface area contributed by atoms with Crippen molar-refractivity contribution in [2.75, 3.05) is 32.1 Å². The van der Waals surface area contributed by atoms with Gasteiger partial charge in [0.15, 0.2) is 5.58 Å². The molecule has 1 aromatic carbocycles. The lowest BCUT2D eigenvalue weighted by atomic mass is 9.94. The van der Waals surface area contributed by atoms with Crippen LogP contribution < -0.4 is 5.32 Å². The number of hydrogen-bond donors (Lipinski definition) is 1. The van der Waals surface area contributed by atoms with Crippen LogP contribution in [-0.2, 0) is 16.6 Å². The highest BCUT2D eigenvalue weighted by atomic mass is 16.5. The van der Waals surface area contributed by atoms with Crippen LogP contribution in [0.2, 0.25) is 0 Å². The quantitative estimate of drug-likeness (QED) is 0.660. The summed E-state index contributed by atoms with van der Waals surface area (Å²) >= 11 is 0. The van der Waals surface area contributed by atoms with Crippen molar-refractivity contribution in [3.05, 3.63) is 41.2 Å². The van der Waals surface area contributed by atoms with Crippen molar-refractivity contribution in [2.45, 2.75) is 26.3 Å². The monoisotopic (exact) mass is 397 g/mol. The van der Waals surface area contributed by atoms with Gasteiger partial charge in [-0.25, -0.2) is 0 Å². The Morgan fingerprint density at radius 3 is 2.86 bits per heavy atom. The second-order valence-corrected chi connectivity index (χ2v) is 7.62. The Labute approximate surface area is 169 Å². The van der Waals surface area contributed by atoms with Crippen LogP contribution in [0.5, 0.6) is 0 Å². The number of hydrogen-bond acceptors (Lipinski definition) is 6. The highest BCUT2D eigenvalue weighted by molar-refractivity contribution is 5.80. The zero-order valence-electron chi connectivity index (χ0n) is 17.3. The summed E-state index contributed by atoms with van der Waals surface area (Å²) in [4.78, 5) is 19.2. The molecule has 2 aromatic heterocycles.